The van der Waals surface area contributed by atoms with Crippen molar-refractivity contribution >= 4 is 39.1 Å². The molecule has 0 unspecified atom stereocenters. The summed E-state index contributed by atoms with van der Waals surface area (Å²) in [5.74, 6) is 3.77. The van der Waals surface area contributed by atoms with Crippen LogP contribution in [0.5, 0.6) is 0 Å². The van der Waals surface area contributed by atoms with Gasteiger partial charge in [0.25, 0.3) is 0 Å². The zero-order valence-corrected chi connectivity index (χ0v) is 17.2. The third kappa shape index (κ3) is 5.48. The fourth-order valence-electron chi connectivity index (χ4n) is 2.61. The molecule has 3 aromatic rings. The molecule has 0 amide bonds. The maximum absolute atomic E-state index is 11.6. The van der Waals surface area contributed by atoms with Crippen LogP contribution in [0, 0.1) is 12.3 Å². The van der Waals surface area contributed by atoms with Crippen molar-refractivity contribution in [2.45, 2.75) is 16.3 Å². The van der Waals surface area contributed by atoms with Crippen LogP contribution in [0.2, 0.25) is 0 Å². The molecule has 1 heterocycles. The number of nitrogens with two attached hydrogens (primary N) is 1. The van der Waals surface area contributed by atoms with Crippen molar-refractivity contribution in [3.05, 3.63) is 66.0 Å². The van der Waals surface area contributed by atoms with Crippen molar-refractivity contribution in [2.24, 2.45) is 5.14 Å². The first-order valence-corrected chi connectivity index (χ1v) is 11.3. The number of anilines is 3. The van der Waals surface area contributed by atoms with Gasteiger partial charge in [-0.3, -0.25) is 0 Å². The molecule has 0 saturated heterocycles. The van der Waals surface area contributed by atoms with Crippen LogP contribution in [-0.4, -0.2) is 24.6 Å². The lowest BCUT2D eigenvalue weighted by atomic mass is 10.2. The topological polar surface area (TPSA) is 110 Å². The Kier molecular flexibility index (Phi) is 6.39. The molecule has 0 aliphatic heterocycles. The van der Waals surface area contributed by atoms with Gasteiger partial charge in [-0.1, -0.05) is 12.0 Å². The Bertz CT molecular complexity index is 1170. The maximum Gasteiger partial charge on any atom is 0.238 e. The number of nitrogens with zero attached hydrogens (tertiary/aromatic N) is 2. The summed E-state index contributed by atoms with van der Waals surface area (Å²) >= 11 is 1.52. The summed E-state index contributed by atoms with van der Waals surface area (Å²) in [4.78, 5) is 9.45. The molecule has 3 rings (SSSR count). The quantitative estimate of drug-likeness (QED) is 0.394. The van der Waals surface area contributed by atoms with Gasteiger partial charge in [0.2, 0.25) is 10.0 Å². The Labute approximate surface area is 174 Å². The molecule has 0 saturated carbocycles. The first-order chi connectivity index (χ1) is 13.9. The van der Waals surface area contributed by atoms with Gasteiger partial charge < -0.3 is 10.6 Å². The van der Waals surface area contributed by atoms with Gasteiger partial charge in [0, 0.05) is 28.8 Å². The Hall–Kier alpha value is -3.06. The smallest absolute Gasteiger partial charge is 0.238 e. The zero-order valence-electron chi connectivity index (χ0n) is 15.6. The summed E-state index contributed by atoms with van der Waals surface area (Å²) < 4.78 is 23.3. The van der Waals surface area contributed by atoms with Crippen molar-refractivity contribution in [2.75, 3.05) is 16.9 Å². The number of hydrogen-bond donors (Lipinski definition) is 3. The van der Waals surface area contributed by atoms with E-state index in [9.17, 15) is 8.42 Å². The van der Waals surface area contributed by atoms with Crippen molar-refractivity contribution < 1.29 is 8.42 Å². The summed E-state index contributed by atoms with van der Waals surface area (Å²) in [6.45, 7) is 0.378. The number of terminal acetylenes is 1. The lowest BCUT2D eigenvalue weighted by molar-refractivity contribution is 0.597. The maximum atomic E-state index is 11.6. The molecule has 0 radical (unpaired) electrons. The third-order valence-electron chi connectivity index (χ3n) is 4.01. The second-order valence-corrected chi connectivity index (χ2v) is 8.42. The number of rotatable bonds is 7. The Morgan fingerprint density at radius 3 is 2.66 bits per heavy atom. The highest BCUT2D eigenvalue weighted by Gasteiger charge is 2.11. The van der Waals surface area contributed by atoms with Crippen LogP contribution in [0.1, 0.15) is 11.1 Å². The van der Waals surface area contributed by atoms with Crippen molar-refractivity contribution in [3.8, 4) is 12.3 Å². The van der Waals surface area contributed by atoms with Crippen LogP contribution in [0.3, 0.4) is 0 Å². The second-order valence-electron chi connectivity index (χ2n) is 6.01. The van der Waals surface area contributed by atoms with E-state index in [2.05, 4.69) is 26.5 Å². The number of sulfonamides is 1. The van der Waals surface area contributed by atoms with Crippen molar-refractivity contribution in [3.63, 3.8) is 0 Å². The minimum Gasteiger partial charge on any atom is -0.366 e. The molecule has 9 heteroatoms. The largest absolute Gasteiger partial charge is 0.366 e. The molecule has 7 nitrogen and oxygen atoms in total. The van der Waals surface area contributed by atoms with Crippen LogP contribution >= 0.6 is 11.8 Å². The summed E-state index contributed by atoms with van der Waals surface area (Å²) in [5.41, 5.74) is 2.39. The first kappa shape index (κ1) is 20.7. The molecular formula is C20H19N5O2S2. The van der Waals surface area contributed by atoms with Gasteiger partial charge in [0.1, 0.15) is 18.0 Å². The Balaban J connectivity index is 1.76. The fourth-order valence-corrected chi connectivity index (χ4v) is 3.77. The average molecular weight is 426 g/mol. The third-order valence-corrected chi connectivity index (χ3v) is 5.76. The van der Waals surface area contributed by atoms with E-state index in [1.165, 1.54) is 24.2 Å². The highest BCUT2D eigenvalue weighted by Crippen LogP contribution is 2.24. The number of benzene rings is 2. The predicted molar refractivity (Wildman–Crippen MR) is 117 cm³/mol. The lowest BCUT2D eigenvalue weighted by Gasteiger charge is -2.12. The lowest BCUT2D eigenvalue weighted by Crippen LogP contribution is -2.13. The molecule has 0 atom stereocenters. The molecule has 0 aliphatic carbocycles. The van der Waals surface area contributed by atoms with Crippen LogP contribution in [0.4, 0.5) is 17.3 Å². The molecule has 0 spiro atoms. The highest BCUT2D eigenvalue weighted by atomic mass is 32.2. The number of nitrogens with one attached hydrogen (secondary N) is 2. The van der Waals surface area contributed by atoms with E-state index in [1.54, 1.807) is 18.2 Å². The van der Waals surface area contributed by atoms with Gasteiger partial charge in [-0.25, -0.2) is 23.5 Å². The van der Waals surface area contributed by atoms with E-state index in [0.717, 1.165) is 21.7 Å². The predicted octanol–water partition coefficient (Wildman–Crippen LogP) is 3.18. The summed E-state index contributed by atoms with van der Waals surface area (Å²) in [6, 6.07) is 14.0. The molecule has 148 valence electrons. The number of hydrogen-bond acceptors (Lipinski definition) is 7. The van der Waals surface area contributed by atoms with E-state index in [0.29, 0.717) is 18.2 Å². The van der Waals surface area contributed by atoms with Gasteiger partial charge in [-0.05, 0) is 48.2 Å². The summed E-state index contributed by atoms with van der Waals surface area (Å²) in [5, 5.41) is 11.6. The minimum absolute atomic E-state index is 0.0746. The second kappa shape index (κ2) is 8.96. The molecule has 29 heavy (non-hydrogen) atoms. The highest BCUT2D eigenvalue weighted by molar-refractivity contribution is 7.98. The Morgan fingerprint density at radius 1 is 1.14 bits per heavy atom. The SMILES string of the molecule is C#Cc1cccc(Nc2cc(NCc3cc(S(N)(=O)=O)ccc3SC)ncn2)c1. The van der Waals surface area contributed by atoms with Crippen LogP contribution in [-0.2, 0) is 16.6 Å². The average Bonchev–Trinajstić information content (AvgIpc) is 2.71. The molecule has 0 aliphatic rings. The van der Waals surface area contributed by atoms with E-state index in [1.807, 2.05) is 30.5 Å². The number of aromatic nitrogens is 2. The van der Waals surface area contributed by atoms with Crippen LogP contribution < -0.4 is 15.8 Å². The normalized spacial score (nSPS) is 10.9. The molecular weight excluding hydrogens is 406 g/mol. The standard InChI is InChI=1S/C20H19N5O2S2/c1-3-14-5-4-6-16(9-14)25-20-11-19(23-13-24-20)22-12-15-10-17(29(21,26)27)7-8-18(15)28-2/h1,4-11,13H,12H2,2H3,(H2,21,26,27)(H2,22,23,24,25). The number of thioether (sulfide) groups is 1. The molecule has 2 aromatic carbocycles. The van der Waals surface area contributed by atoms with Gasteiger partial charge in [-0.15, -0.1) is 18.2 Å². The number of primary sulfonamides is 1. The van der Waals surface area contributed by atoms with E-state index in [-0.39, 0.29) is 4.90 Å². The monoisotopic (exact) mass is 425 g/mol. The molecule has 4 N–H and O–H groups in total. The molecule has 0 fully saturated rings. The van der Waals surface area contributed by atoms with Crippen LogP contribution in [0.25, 0.3) is 0 Å². The Morgan fingerprint density at radius 2 is 1.93 bits per heavy atom. The van der Waals surface area contributed by atoms with Gasteiger partial charge >= 0.3 is 0 Å². The molecule has 0 bridgehead atoms. The zero-order chi connectivity index (χ0) is 20.9. The van der Waals surface area contributed by atoms with E-state index >= 15 is 0 Å². The fraction of sp³-hybridized carbons (Fsp3) is 0.100. The van der Waals surface area contributed by atoms with Crippen LogP contribution in [0.15, 0.2) is 64.6 Å². The van der Waals surface area contributed by atoms with Gasteiger partial charge in [0.05, 0.1) is 4.90 Å². The minimum atomic E-state index is -3.77. The van der Waals surface area contributed by atoms with Crippen molar-refractivity contribution in [1.82, 2.24) is 9.97 Å². The van der Waals surface area contributed by atoms with Gasteiger partial charge in [-0.2, -0.15) is 0 Å². The van der Waals surface area contributed by atoms with E-state index in [4.69, 9.17) is 11.6 Å². The van der Waals surface area contributed by atoms with Gasteiger partial charge in [0.15, 0.2) is 0 Å². The summed E-state index contributed by atoms with van der Waals surface area (Å²) in [7, 11) is -3.77. The summed E-state index contributed by atoms with van der Waals surface area (Å²) in [6.07, 6.45) is 8.79. The molecule has 1 aromatic heterocycles. The first-order valence-electron chi connectivity index (χ1n) is 8.48. The van der Waals surface area contributed by atoms with Crippen molar-refractivity contribution in [1.29, 1.82) is 0 Å². The van der Waals surface area contributed by atoms with E-state index < -0.39 is 10.0 Å².